The molecule has 28 heavy (non-hydrogen) atoms. The molecular weight excluding hydrogens is 344 g/mol. The van der Waals surface area contributed by atoms with Crippen LogP contribution in [-0.4, -0.2) is 11.6 Å². The molecule has 3 heteroatoms. The summed E-state index contributed by atoms with van der Waals surface area (Å²) in [6.07, 6.45) is 8.50. The van der Waals surface area contributed by atoms with Crippen molar-refractivity contribution in [1.82, 2.24) is 0 Å². The van der Waals surface area contributed by atoms with Gasteiger partial charge in [0.2, 0.25) is 5.91 Å². The Morgan fingerprint density at radius 2 is 1.61 bits per heavy atom. The molecule has 146 valence electrons. The molecular formula is C25H30N2O. The van der Waals surface area contributed by atoms with Gasteiger partial charge in [-0.15, -0.1) is 0 Å². The van der Waals surface area contributed by atoms with Crippen LogP contribution < -0.4 is 5.73 Å². The lowest BCUT2D eigenvalue weighted by Gasteiger charge is -2.34. The van der Waals surface area contributed by atoms with E-state index >= 15 is 0 Å². The first-order chi connectivity index (χ1) is 13.4. The molecule has 0 saturated heterocycles. The molecule has 1 aliphatic carbocycles. The molecule has 2 aromatic rings. The zero-order chi connectivity index (χ0) is 20.1. The summed E-state index contributed by atoms with van der Waals surface area (Å²) in [5, 5.41) is 0. The van der Waals surface area contributed by atoms with Crippen molar-refractivity contribution in [3.05, 3.63) is 77.0 Å². The van der Waals surface area contributed by atoms with Gasteiger partial charge >= 0.3 is 0 Å². The lowest BCUT2D eigenvalue weighted by atomic mass is 9.70. The first-order valence-electron chi connectivity index (χ1n) is 10.1. The number of carbonyl (C=O) groups excluding carboxylic acids is 1. The third-order valence-electron chi connectivity index (χ3n) is 6.01. The van der Waals surface area contributed by atoms with Gasteiger partial charge in [0, 0.05) is 17.5 Å². The topological polar surface area (TPSA) is 55.4 Å². The van der Waals surface area contributed by atoms with Crippen LogP contribution in [0.2, 0.25) is 0 Å². The van der Waals surface area contributed by atoms with Crippen LogP contribution in [-0.2, 0) is 5.41 Å². The number of allylic oxidation sites excluding steroid dienone is 1. The van der Waals surface area contributed by atoms with Gasteiger partial charge in [0.1, 0.15) is 0 Å². The van der Waals surface area contributed by atoms with E-state index in [1.54, 1.807) is 12.1 Å². The molecule has 1 amide bonds. The summed E-state index contributed by atoms with van der Waals surface area (Å²) in [5.41, 5.74) is 11.8. The van der Waals surface area contributed by atoms with Crippen LogP contribution in [0.4, 0.5) is 0 Å². The number of hydrogen-bond acceptors (Lipinski definition) is 2. The zero-order valence-corrected chi connectivity index (χ0v) is 17.2. The third-order valence-corrected chi connectivity index (χ3v) is 6.01. The molecule has 0 heterocycles. The van der Waals surface area contributed by atoms with E-state index in [-0.39, 0.29) is 0 Å². The zero-order valence-electron chi connectivity index (χ0n) is 17.2. The quantitative estimate of drug-likeness (QED) is 0.653. The van der Waals surface area contributed by atoms with E-state index in [4.69, 9.17) is 5.73 Å². The van der Waals surface area contributed by atoms with E-state index < -0.39 is 5.91 Å². The Hall–Kier alpha value is -2.68. The Kier molecular flexibility index (Phi) is 6.13. The molecule has 0 radical (unpaired) electrons. The highest BCUT2D eigenvalue weighted by molar-refractivity contribution is 6.00. The van der Waals surface area contributed by atoms with Crippen molar-refractivity contribution in [3.8, 4) is 0 Å². The van der Waals surface area contributed by atoms with Crippen molar-refractivity contribution in [2.75, 3.05) is 0 Å². The van der Waals surface area contributed by atoms with Gasteiger partial charge in [-0.05, 0) is 66.5 Å². The van der Waals surface area contributed by atoms with Crippen molar-refractivity contribution in [3.63, 3.8) is 0 Å². The van der Waals surface area contributed by atoms with Crippen LogP contribution >= 0.6 is 0 Å². The van der Waals surface area contributed by atoms with Gasteiger partial charge in [-0.25, -0.2) is 0 Å². The standard InChI is InChI=1S/C25H30N2O/c1-18(17-27-19(2)20-10-12-21(13-11-20)24(26)28)22-8-7-9-23(16-22)25(3)14-5-4-6-15-25/h7-13,16-17H,4-6,14-15H2,1-3H3,(H2,26,28)/b18-17+,27-19+. The van der Waals surface area contributed by atoms with E-state index in [0.29, 0.717) is 11.0 Å². The number of nitrogens with two attached hydrogens (primary N) is 1. The predicted molar refractivity (Wildman–Crippen MR) is 118 cm³/mol. The van der Waals surface area contributed by atoms with Crippen LogP contribution in [0.5, 0.6) is 0 Å². The number of carbonyl (C=O) groups is 1. The van der Waals surface area contributed by atoms with Crippen LogP contribution in [0.25, 0.3) is 5.57 Å². The van der Waals surface area contributed by atoms with Crippen molar-refractivity contribution in [1.29, 1.82) is 0 Å². The van der Waals surface area contributed by atoms with E-state index in [9.17, 15) is 4.79 Å². The molecule has 3 rings (SSSR count). The molecule has 1 saturated carbocycles. The van der Waals surface area contributed by atoms with Gasteiger partial charge in [0.15, 0.2) is 0 Å². The van der Waals surface area contributed by atoms with Crippen LogP contribution in [0, 0.1) is 0 Å². The maximum absolute atomic E-state index is 11.2. The van der Waals surface area contributed by atoms with Crippen molar-refractivity contribution >= 4 is 17.2 Å². The molecule has 0 bridgehead atoms. The van der Waals surface area contributed by atoms with Gasteiger partial charge in [-0.1, -0.05) is 62.6 Å². The largest absolute Gasteiger partial charge is 0.366 e. The smallest absolute Gasteiger partial charge is 0.248 e. The Bertz CT molecular complexity index is 900. The average molecular weight is 375 g/mol. The summed E-state index contributed by atoms with van der Waals surface area (Å²) in [4.78, 5) is 15.8. The van der Waals surface area contributed by atoms with Gasteiger partial charge in [0.25, 0.3) is 0 Å². The van der Waals surface area contributed by atoms with Gasteiger partial charge in [0.05, 0.1) is 0 Å². The maximum atomic E-state index is 11.2. The van der Waals surface area contributed by atoms with E-state index in [2.05, 4.69) is 43.1 Å². The second-order valence-electron chi connectivity index (χ2n) is 8.17. The highest BCUT2D eigenvalue weighted by Crippen LogP contribution is 2.39. The van der Waals surface area contributed by atoms with Gasteiger partial charge in [-0.3, -0.25) is 9.79 Å². The van der Waals surface area contributed by atoms with E-state index in [1.165, 1.54) is 43.2 Å². The number of primary amides is 1. The molecule has 3 nitrogen and oxygen atoms in total. The molecule has 0 unspecified atom stereocenters. The molecule has 1 aliphatic rings. The summed E-state index contributed by atoms with van der Waals surface area (Å²) < 4.78 is 0. The third kappa shape index (κ3) is 4.59. The highest BCUT2D eigenvalue weighted by atomic mass is 16.1. The molecule has 1 fully saturated rings. The van der Waals surface area contributed by atoms with Crippen molar-refractivity contribution in [2.45, 2.75) is 58.3 Å². The minimum Gasteiger partial charge on any atom is -0.366 e. The van der Waals surface area contributed by atoms with E-state index in [0.717, 1.165) is 16.8 Å². The van der Waals surface area contributed by atoms with Crippen molar-refractivity contribution in [2.24, 2.45) is 10.7 Å². The van der Waals surface area contributed by atoms with Gasteiger partial charge < -0.3 is 5.73 Å². The van der Waals surface area contributed by atoms with Crippen LogP contribution in [0.1, 0.15) is 79.9 Å². The minimum atomic E-state index is -0.413. The summed E-state index contributed by atoms with van der Waals surface area (Å²) in [6.45, 7) is 6.49. The first-order valence-corrected chi connectivity index (χ1v) is 10.1. The fraction of sp³-hybridized carbons (Fsp3) is 0.360. The van der Waals surface area contributed by atoms with Crippen LogP contribution in [0.3, 0.4) is 0 Å². The Morgan fingerprint density at radius 1 is 0.964 bits per heavy atom. The normalized spacial score (nSPS) is 17.4. The molecule has 0 atom stereocenters. The molecule has 0 aliphatic heterocycles. The summed E-state index contributed by atoms with van der Waals surface area (Å²) in [7, 11) is 0. The Balaban J connectivity index is 1.80. The number of rotatable bonds is 5. The average Bonchev–Trinajstić information content (AvgIpc) is 2.72. The lowest BCUT2D eigenvalue weighted by molar-refractivity contribution is 0.100. The summed E-state index contributed by atoms with van der Waals surface area (Å²) >= 11 is 0. The lowest BCUT2D eigenvalue weighted by Crippen LogP contribution is -2.25. The first kappa shape index (κ1) is 20.1. The highest BCUT2D eigenvalue weighted by Gasteiger charge is 2.28. The minimum absolute atomic E-state index is 0.301. The fourth-order valence-corrected chi connectivity index (χ4v) is 3.98. The molecule has 0 aromatic heterocycles. The molecule has 2 aromatic carbocycles. The van der Waals surface area contributed by atoms with E-state index in [1.807, 2.05) is 25.3 Å². The number of hydrogen-bond donors (Lipinski definition) is 1. The number of amides is 1. The second-order valence-corrected chi connectivity index (χ2v) is 8.17. The SMILES string of the molecule is C/C(=C\N=C(/C)c1ccc(C(N)=O)cc1)c1cccc(C2(C)CCCCC2)c1. The van der Waals surface area contributed by atoms with Gasteiger partial charge in [-0.2, -0.15) is 0 Å². The van der Waals surface area contributed by atoms with Crippen LogP contribution in [0.15, 0.2) is 59.7 Å². The summed E-state index contributed by atoms with van der Waals surface area (Å²) in [5.74, 6) is -0.413. The molecule has 0 spiro atoms. The predicted octanol–water partition coefficient (Wildman–Crippen LogP) is 5.88. The number of benzene rings is 2. The Labute approximate surface area is 168 Å². The monoisotopic (exact) mass is 374 g/mol. The Morgan fingerprint density at radius 3 is 2.25 bits per heavy atom. The van der Waals surface area contributed by atoms with Crippen molar-refractivity contribution < 1.29 is 4.79 Å². The summed E-state index contributed by atoms with van der Waals surface area (Å²) in [6, 6.07) is 16.2. The maximum Gasteiger partial charge on any atom is 0.248 e. The molecule has 2 N–H and O–H groups in total. The number of aliphatic imine (C=N–C) groups is 1. The second kappa shape index (κ2) is 8.55. The fourth-order valence-electron chi connectivity index (χ4n) is 3.98. The number of nitrogens with zero attached hydrogens (tertiary/aromatic N) is 1.